The molecule has 2 saturated carbocycles. The van der Waals surface area contributed by atoms with E-state index in [0.29, 0.717) is 5.95 Å². The molecule has 29 heavy (non-hydrogen) atoms. The summed E-state index contributed by atoms with van der Waals surface area (Å²) in [6, 6.07) is 9.83. The van der Waals surface area contributed by atoms with Gasteiger partial charge in [-0.15, -0.1) is 5.10 Å². The smallest absolute Gasteiger partial charge is 0.249 e. The molecule has 0 aliphatic heterocycles. The lowest BCUT2D eigenvalue weighted by molar-refractivity contribution is -0.193. The van der Waals surface area contributed by atoms with Gasteiger partial charge in [-0.2, -0.15) is 0 Å². The van der Waals surface area contributed by atoms with Crippen LogP contribution in [0.1, 0.15) is 25.7 Å². The van der Waals surface area contributed by atoms with Gasteiger partial charge in [0, 0.05) is 36.8 Å². The molecule has 4 heterocycles. The second-order valence-electron chi connectivity index (χ2n) is 8.34. The highest BCUT2D eigenvalue weighted by Gasteiger charge is 2.61. The molecule has 0 saturated heterocycles. The Hall–Kier alpha value is -3.16. The van der Waals surface area contributed by atoms with Crippen LogP contribution in [0.2, 0.25) is 0 Å². The maximum Gasteiger partial charge on any atom is 0.249 e. The van der Waals surface area contributed by atoms with Crippen LogP contribution in [0.4, 0.5) is 14.7 Å². The Labute approximate surface area is 165 Å². The summed E-state index contributed by atoms with van der Waals surface area (Å²) in [4.78, 5) is 13.4. The molecule has 1 spiro atoms. The van der Waals surface area contributed by atoms with Crippen molar-refractivity contribution in [1.82, 2.24) is 24.6 Å². The Bertz CT molecular complexity index is 1230. The highest BCUT2D eigenvalue weighted by atomic mass is 19.3. The van der Waals surface area contributed by atoms with Crippen molar-refractivity contribution >= 4 is 22.5 Å². The van der Waals surface area contributed by atoms with Crippen molar-refractivity contribution in [3.8, 4) is 11.3 Å². The number of nitrogens with one attached hydrogen (secondary N) is 1. The zero-order valence-electron chi connectivity index (χ0n) is 15.5. The number of aromatic nitrogens is 5. The van der Waals surface area contributed by atoms with Gasteiger partial charge in [0.05, 0.1) is 28.4 Å². The van der Waals surface area contributed by atoms with Gasteiger partial charge in [0.25, 0.3) is 0 Å². The Morgan fingerprint density at radius 3 is 2.72 bits per heavy atom. The predicted molar refractivity (Wildman–Crippen MR) is 105 cm³/mol. The summed E-state index contributed by atoms with van der Waals surface area (Å²) in [6.45, 7) is 0. The molecule has 0 unspecified atom stereocenters. The first-order chi connectivity index (χ1) is 14.0. The SMILES string of the molecule is FC1(F)CC2(CC(Nc3ncc4c(-c5ccc6ncccc6n5)ccn4n3)C2)C1. The molecule has 6 nitrogen and oxygen atoms in total. The zero-order valence-corrected chi connectivity index (χ0v) is 15.5. The first-order valence-electron chi connectivity index (χ1n) is 9.70. The molecule has 0 atom stereocenters. The van der Waals surface area contributed by atoms with Crippen LogP contribution < -0.4 is 5.32 Å². The van der Waals surface area contributed by atoms with Gasteiger partial charge < -0.3 is 5.32 Å². The lowest BCUT2D eigenvalue weighted by Gasteiger charge is -2.57. The quantitative estimate of drug-likeness (QED) is 0.562. The van der Waals surface area contributed by atoms with Gasteiger partial charge in [0.2, 0.25) is 11.9 Å². The average Bonchev–Trinajstić information content (AvgIpc) is 3.08. The van der Waals surface area contributed by atoms with E-state index in [4.69, 9.17) is 4.98 Å². The third kappa shape index (κ3) is 2.73. The van der Waals surface area contributed by atoms with Crippen molar-refractivity contribution in [1.29, 1.82) is 0 Å². The maximum atomic E-state index is 13.2. The molecule has 2 fully saturated rings. The Morgan fingerprint density at radius 1 is 1.03 bits per heavy atom. The number of halogens is 2. The third-order valence-electron chi connectivity index (χ3n) is 6.11. The van der Waals surface area contributed by atoms with Crippen molar-refractivity contribution in [2.45, 2.75) is 37.6 Å². The van der Waals surface area contributed by atoms with E-state index in [2.05, 4.69) is 20.4 Å². The minimum atomic E-state index is -2.46. The first-order valence-corrected chi connectivity index (χ1v) is 9.70. The lowest BCUT2D eigenvalue weighted by atomic mass is 9.52. The third-order valence-corrected chi connectivity index (χ3v) is 6.11. The lowest BCUT2D eigenvalue weighted by Crippen LogP contribution is -2.57. The molecule has 0 aromatic carbocycles. The Morgan fingerprint density at radius 2 is 1.90 bits per heavy atom. The number of alkyl halides is 2. The van der Waals surface area contributed by atoms with E-state index in [0.717, 1.165) is 40.6 Å². The fourth-order valence-corrected chi connectivity index (χ4v) is 4.89. The van der Waals surface area contributed by atoms with Crippen LogP contribution in [0.25, 0.3) is 27.8 Å². The second kappa shape index (κ2) is 5.68. The molecule has 1 N–H and O–H groups in total. The molecule has 0 radical (unpaired) electrons. The van der Waals surface area contributed by atoms with Gasteiger partial charge in [0.15, 0.2) is 0 Å². The van der Waals surface area contributed by atoms with Gasteiger partial charge in [-0.3, -0.25) is 4.98 Å². The Kier molecular flexibility index (Phi) is 3.29. The first kappa shape index (κ1) is 16.8. The van der Waals surface area contributed by atoms with Crippen LogP contribution >= 0.6 is 0 Å². The predicted octanol–water partition coefficient (Wildman–Crippen LogP) is 4.33. The number of rotatable bonds is 3. The van der Waals surface area contributed by atoms with E-state index >= 15 is 0 Å². The molecular weight excluding hydrogens is 374 g/mol. The van der Waals surface area contributed by atoms with E-state index in [-0.39, 0.29) is 24.3 Å². The van der Waals surface area contributed by atoms with Gasteiger partial charge in [0.1, 0.15) is 0 Å². The molecular formula is C21H18F2N6. The summed E-state index contributed by atoms with van der Waals surface area (Å²) in [5.41, 5.74) is 4.16. The topological polar surface area (TPSA) is 68.0 Å². The highest BCUT2D eigenvalue weighted by molar-refractivity contribution is 5.83. The number of anilines is 1. The highest BCUT2D eigenvalue weighted by Crippen LogP contribution is 2.62. The van der Waals surface area contributed by atoms with Gasteiger partial charge in [-0.25, -0.2) is 23.3 Å². The summed E-state index contributed by atoms with van der Waals surface area (Å²) in [7, 11) is 0. The standard InChI is InChI=1S/C21H18F2N6/c22-21(23)11-20(12-21)8-13(9-20)26-19-25-10-18-14(5-7-29(18)28-19)15-3-4-16-17(27-15)2-1-6-24-16/h1-7,10,13H,8-9,11-12H2,(H,26,28). The van der Waals surface area contributed by atoms with E-state index in [9.17, 15) is 8.78 Å². The molecule has 4 aromatic heterocycles. The summed E-state index contributed by atoms with van der Waals surface area (Å²) in [5.74, 6) is -1.95. The minimum Gasteiger partial charge on any atom is -0.350 e. The maximum absolute atomic E-state index is 13.2. The molecule has 2 aliphatic rings. The van der Waals surface area contributed by atoms with Crippen molar-refractivity contribution in [2.75, 3.05) is 5.32 Å². The van der Waals surface area contributed by atoms with Gasteiger partial charge >= 0.3 is 0 Å². The summed E-state index contributed by atoms with van der Waals surface area (Å²) >= 11 is 0. The second-order valence-corrected chi connectivity index (χ2v) is 8.34. The van der Waals surface area contributed by atoms with E-state index in [1.807, 2.05) is 36.5 Å². The number of nitrogens with zero attached hydrogens (tertiary/aromatic N) is 5. The van der Waals surface area contributed by atoms with Crippen LogP contribution in [0.5, 0.6) is 0 Å². The molecule has 2 aliphatic carbocycles. The molecule has 6 rings (SSSR count). The largest absolute Gasteiger partial charge is 0.350 e. The van der Waals surface area contributed by atoms with Gasteiger partial charge in [-0.1, -0.05) is 0 Å². The summed E-state index contributed by atoms with van der Waals surface area (Å²) in [5, 5.41) is 7.81. The van der Waals surface area contributed by atoms with Crippen LogP contribution in [-0.2, 0) is 0 Å². The number of hydrogen-bond acceptors (Lipinski definition) is 5. The normalized spacial score (nSPS) is 19.9. The minimum absolute atomic E-state index is 0.0211. The van der Waals surface area contributed by atoms with Crippen molar-refractivity contribution in [3.63, 3.8) is 0 Å². The van der Waals surface area contributed by atoms with E-state index < -0.39 is 5.92 Å². The van der Waals surface area contributed by atoms with Crippen molar-refractivity contribution in [3.05, 3.63) is 48.9 Å². The fraction of sp³-hybridized carbons (Fsp3) is 0.333. The van der Waals surface area contributed by atoms with Crippen LogP contribution in [0, 0.1) is 5.41 Å². The van der Waals surface area contributed by atoms with Crippen LogP contribution in [0.3, 0.4) is 0 Å². The van der Waals surface area contributed by atoms with Gasteiger partial charge in [-0.05, 0) is 48.6 Å². The number of fused-ring (bicyclic) bond motifs is 2. The molecule has 4 aromatic rings. The van der Waals surface area contributed by atoms with Crippen LogP contribution in [0.15, 0.2) is 48.9 Å². The summed E-state index contributed by atoms with van der Waals surface area (Å²) in [6.07, 6.45) is 6.96. The fourth-order valence-electron chi connectivity index (χ4n) is 4.89. The molecule has 8 heteroatoms. The average molecular weight is 392 g/mol. The monoisotopic (exact) mass is 392 g/mol. The number of hydrogen-bond donors (Lipinski definition) is 1. The van der Waals surface area contributed by atoms with Crippen molar-refractivity contribution < 1.29 is 8.78 Å². The van der Waals surface area contributed by atoms with Crippen molar-refractivity contribution in [2.24, 2.45) is 5.41 Å². The molecule has 0 amide bonds. The van der Waals surface area contributed by atoms with E-state index in [1.165, 1.54) is 0 Å². The number of pyridine rings is 2. The van der Waals surface area contributed by atoms with Crippen LogP contribution in [-0.4, -0.2) is 36.5 Å². The summed E-state index contributed by atoms with van der Waals surface area (Å²) < 4.78 is 28.1. The zero-order chi connectivity index (χ0) is 19.6. The molecule has 0 bridgehead atoms. The van der Waals surface area contributed by atoms with E-state index in [1.54, 1.807) is 16.9 Å². The Balaban J connectivity index is 1.23. The molecule has 146 valence electrons.